The number of nitrogens with one attached hydrogen (secondary N) is 1. The van der Waals surface area contributed by atoms with Gasteiger partial charge in [-0.15, -0.1) is 0 Å². The van der Waals surface area contributed by atoms with E-state index in [1.54, 1.807) is 6.20 Å². The van der Waals surface area contributed by atoms with Crippen LogP contribution in [0.5, 0.6) is 0 Å². The maximum atomic E-state index is 9.96. The molecule has 28 heavy (non-hydrogen) atoms. The second-order valence-electron chi connectivity index (χ2n) is 6.94. The Balaban J connectivity index is 1.83. The summed E-state index contributed by atoms with van der Waals surface area (Å²) in [6.45, 7) is 4.55. The monoisotopic (exact) mass is 365 g/mol. The molecule has 1 aliphatic rings. The lowest BCUT2D eigenvalue weighted by atomic mass is 9.80. The van der Waals surface area contributed by atoms with E-state index in [1.807, 2.05) is 50.2 Å². The van der Waals surface area contributed by atoms with Crippen molar-refractivity contribution in [1.29, 1.82) is 10.5 Å². The molecule has 1 aliphatic heterocycles. The number of aromatic amines is 1. The number of hydrogen-bond acceptors (Lipinski definition) is 4. The van der Waals surface area contributed by atoms with E-state index in [9.17, 15) is 10.5 Å². The topological polar surface area (TPSA) is 79.5 Å². The molecule has 0 atom stereocenters. The highest BCUT2D eigenvalue weighted by atomic mass is 15.2. The number of hydrogen-bond donors (Lipinski definition) is 1. The van der Waals surface area contributed by atoms with Crippen LogP contribution in [0.15, 0.2) is 77.3 Å². The van der Waals surface area contributed by atoms with Gasteiger partial charge in [-0.2, -0.15) is 15.6 Å². The van der Waals surface area contributed by atoms with E-state index in [0.717, 1.165) is 33.4 Å². The van der Waals surface area contributed by atoms with Crippen molar-refractivity contribution < 1.29 is 0 Å². The minimum absolute atomic E-state index is 0.360. The van der Waals surface area contributed by atoms with Crippen LogP contribution in [-0.4, -0.2) is 15.1 Å². The van der Waals surface area contributed by atoms with Crippen LogP contribution in [-0.2, 0) is 6.54 Å². The number of benzene rings is 2. The van der Waals surface area contributed by atoms with Crippen LogP contribution >= 0.6 is 0 Å². The summed E-state index contributed by atoms with van der Waals surface area (Å²) in [7, 11) is 0. The smallest absolute Gasteiger partial charge is 0.0975 e. The Morgan fingerprint density at radius 3 is 2.32 bits per heavy atom. The maximum Gasteiger partial charge on any atom is 0.0975 e. The van der Waals surface area contributed by atoms with E-state index < -0.39 is 0 Å². The normalized spacial score (nSPS) is 15.1. The average molecular weight is 365 g/mol. The molecule has 0 saturated heterocycles. The molecule has 0 amide bonds. The standard InChI is InChI=1S/C23H19N5/c1-15-20(11-24)23(18-8-9-22-19(10-18)13-26-27-22)21(12-25)16(2)28(15)14-17-6-4-3-5-7-17/h3-10,13,23H,14H2,1-2H3,(H,26,27). The van der Waals surface area contributed by atoms with Crippen LogP contribution < -0.4 is 0 Å². The molecule has 5 heteroatoms. The van der Waals surface area contributed by atoms with Gasteiger partial charge in [0.15, 0.2) is 0 Å². The van der Waals surface area contributed by atoms with E-state index >= 15 is 0 Å². The summed E-state index contributed by atoms with van der Waals surface area (Å²) in [6.07, 6.45) is 1.76. The summed E-state index contributed by atoms with van der Waals surface area (Å²) in [5, 5.41) is 27.9. The number of allylic oxidation sites excluding steroid dienone is 4. The first-order valence-corrected chi connectivity index (χ1v) is 9.10. The van der Waals surface area contributed by atoms with Gasteiger partial charge in [0, 0.05) is 23.3 Å². The zero-order valence-electron chi connectivity index (χ0n) is 15.8. The molecule has 0 fully saturated rings. The van der Waals surface area contributed by atoms with Crippen molar-refractivity contribution in [1.82, 2.24) is 15.1 Å². The molecular formula is C23H19N5. The Morgan fingerprint density at radius 1 is 1.00 bits per heavy atom. The number of fused-ring (bicyclic) bond motifs is 1. The molecule has 2 aromatic carbocycles. The van der Waals surface area contributed by atoms with Crippen LogP contribution in [0, 0.1) is 22.7 Å². The zero-order chi connectivity index (χ0) is 19.7. The predicted octanol–water partition coefficient (Wildman–Crippen LogP) is 4.76. The first kappa shape index (κ1) is 17.6. The fourth-order valence-electron chi connectivity index (χ4n) is 3.87. The van der Waals surface area contributed by atoms with Crippen molar-refractivity contribution in [2.75, 3.05) is 0 Å². The van der Waals surface area contributed by atoms with Crippen molar-refractivity contribution in [2.24, 2.45) is 0 Å². The lowest BCUT2D eigenvalue weighted by molar-refractivity contribution is 0.400. The minimum Gasteiger partial charge on any atom is -0.343 e. The summed E-state index contributed by atoms with van der Waals surface area (Å²) in [6, 6.07) is 20.7. The van der Waals surface area contributed by atoms with Gasteiger partial charge in [-0.05, 0) is 37.1 Å². The lowest BCUT2D eigenvalue weighted by Gasteiger charge is -2.35. The van der Waals surface area contributed by atoms with Gasteiger partial charge in [0.1, 0.15) is 0 Å². The molecule has 0 saturated carbocycles. The Bertz CT molecular complexity index is 1150. The van der Waals surface area contributed by atoms with Crippen molar-refractivity contribution >= 4 is 10.9 Å². The number of rotatable bonds is 3. The summed E-state index contributed by atoms with van der Waals surface area (Å²) in [5.41, 5.74) is 6.00. The summed E-state index contributed by atoms with van der Waals surface area (Å²) in [4.78, 5) is 2.07. The van der Waals surface area contributed by atoms with Crippen molar-refractivity contribution in [3.05, 3.63) is 88.4 Å². The zero-order valence-corrected chi connectivity index (χ0v) is 15.8. The summed E-state index contributed by atoms with van der Waals surface area (Å²) in [5.74, 6) is -0.360. The second-order valence-corrected chi connectivity index (χ2v) is 6.94. The molecule has 0 radical (unpaired) electrons. The number of nitriles is 2. The molecule has 1 N–H and O–H groups in total. The lowest BCUT2D eigenvalue weighted by Crippen LogP contribution is -2.28. The van der Waals surface area contributed by atoms with Crippen molar-refractivity contribution in [3.63, 3.8) is 0 Å². The summed E-state index contributed by atoms with van der Waals surface area (Å²) >= 11 is 0. The highest BCUT2D eigenvalue weighted by Crippen LogP contribution is 2.42. The minimum atomic E-state index is -0.360. The summed E-state index contributed by atoms with van der Waals surface area (Å²) < 4.78 is 0. The Hall–Kier alpha value is -3.83. The maximum absolute atomic E-state index is 9.96. The van der Waals surface area contributed by atoms with Crippen molar-refractivity contribution in [2.45, 2.75) is 26.3 Å². The van der Waals surface area contributed by atoms with E-state index in [2.05, 4.69) is 39.4 Å². The van der Waals surface area contributed by atoms with Gasteiger partial charge in [0.2, 0.25) is 0 Å². The van der Waals surface area contributed by atoms with Gasteiger partial charge in [-0.1, -0.05) is 36.4 Å². The van der Waals surface area contributed by atoms with Crippen LogP contribution in [0.3, 0.4) is 0 Å². The molecule has 5 nitrogen and oxygen atoms in total. The SMILES string of the molecule is CC1=C(C#N)C(c2ccc3[nH]ncc3c2)C(C#N)=C(C)N1Cc1ccccc1. The van der Waals surface area contributed by atoms with Crippen molar-refractivity contribution in [3.8, 4) is 12.1 Å². The highest BCUT2D eigenvalue weighted by molar-refractivity contribution is 5.79. The highest BCUT2D eigenvalue weighted by Gasteiger charge is 2.33. The van der Waals surface area contributed by atoms with E-state index in [4.69, 9.17) is 0 Å². The molecule has 4 rings (SSSR count). The van der Waals surface area contributed by atoms with Gasteiger partial charge in [0.05, 0.1) is 40.9 Å². The van der Waals surface area contributed by atoms with Gasteiger partial charge in [0.25, 0.3) is 0 Å². The molecule has 0 aliphatic carbocycles. The van der Waals surface area contributed by atoms with Crippen LogP contribution in [0.4, 0.5) is 0 Å². The molecule has 0 unspecified atom stereocenters. The fourth-order valence-corrected chi connectivity index (χ4v) is 3.87. The number of H-pyrrole nitrogens is 1. The molecule has 136 valence electrons. The third kappa shape index (κ3) is 2.84. The first-order chi connectivity index (χ1) is 13.6. The first-order valence-electron chi connectivity index (χ1n) is 9.10. The predicted molar refractivity (Wildman–Crippen MR) is 107 cm³/mol. The van der Waals surface area contributed by atoms with Gasteiger partial charge >= 0.3 is 0 Å². The van der Waals surface area contributed by atoms with Gasteiger partial charge in [-0.3, -0.25) is 5.10 Å². The molecule has 2 heterocycles. The molecule has 0 spiro atoms. The fraction of sp³-hybridized carbons (Fsp3) is 0.174. The molecule has 0 bridgehead atoms. The van der Waals surface area contributed by atoms with Crippen LogP contribution in [0.2, 0.25) is 0 Å². The van der Waals surface area contributed by atoms with Gasteiger partial charge < -0.3 is 4.90 Å². The molecule has 3 aromatic rings. The van der Waals surface area contributed by atoms with Gasteiger partial charge in [-0.25, -0.2) is 0 Å². The Labute approximate surface area is 163 Å². The largest absolute Gasteiger partial charge is 0.343 e. The Morgan fingerprint density at radius 2 is 1.68 bits per heavy atom. The average Bonchev–Trinajstić information content (AvgIpc) is 3.19. The quantitative estimate of drug-likeness (QED) is 0.726. The second kappa shape index (κ2) is 7.06. The van der Waals surface area contributed by atoms with E-state index in [0.29, 0.717) is 17.7 Å². The third-order valence-corrected chi connectivity index (χ3v) is 5.39. The molecule has 1 aromatic heterocycles. The third-order valence-electron chi connectivity index (χ3n) is 5.39. The van der Waals surface area contributed by atoms with E-state index in [1.165, 1.54) is 0 Å². The Kier molecular flexibility index (Phi) is 4.43. The molecular weight excluding hydrogens is 346 g/mol. The van der Waals surface area contributed by atoms with Crippen LogP contribution in [0.25, 0.3) is 10.9 Å². The number of nitrogens with zero attached hydrogens (tertiary/aromatic N) is 4. The number of aromatic nitrogens is 2. The van der Waals surface area contributed by atoms with E-state index in [-0.39, 0.29) is 5.92 Å². The van der Waals surface area contributed by atoms with Crippen LogP contribution in [0.1, 0.15) is 30.9 Å².